The number of anilines is 1. The van der Waals surface area contributed by atoms with Crippen molar-refractivity contribution in [3.8, 4) is 5.75 Å². The lowest BCUT2D eigenvalue weighted by molar-refractivity contribution is -0.384. The average molecular weight is 416 g/mol. The van der Waals surface area contributed by atoms with Gasteiger partial charge in [0, 0.05) is 11.8 Å². The average Bonchev–Trinajstić information content (AvgIpc) is 2.30. The Labute approximate surface area is 137 Å². The Morgan fingerprint density at radius 3 is 2.50 bits per heavy atom. The number of nitrogens with one attached hydrogen (secondary N) is 1. The van der Waals surface area contributed by atoms with E-state index in [1.807, 2.05) is 0 Å². The monoisotopic (exact) mass is 414 g/mol. The molecule has 1 N–H and O–H groups in total. The number of rotatable bonds is 5. The minimum absolute atomic E-state index is 0. The number of alkyl halides is 4. The van der Waals surface area contributed by atoms with E-state index in [1.54, 1.807) is 0 Å². The summed E-state index contributed by atoms with van der Waals surface area (Å²) in [5.74, 6) is -0.363. The van der Waals surface area contributed by atoms with Crippen molar-refractivity contribution in [2.24, 2.45) is 0 Å². The van der Waals surface area contributed by atoms with Crippen LogP contribution in [0.2, 0.25) is 0 Å². The third-order valence-corrected chi connectivity index (χ3v) is 3.08. The number of nitro benzene ring substituents is 1. The van der Waals surface area contributed by atoms with E-state index in [-0.39, 0.29) is 29.4 Å². The van der Waals surface area contributed by atoms with Gasteiger partial charge in [0.15, 0.2) is 4.29 Å². The van der Waals surface area contributed by atoms with Gasteiger partial charge < -0.3 is 4.74 Å². The second-order valence-electron chi connectivity index (χ2n) is 3.45. The number of aryl methyl sites for hydroxylation is 1. The summed E-state index contributed by atoms with van der Waals surface area (Å²) in [6.07, 6.45) is -3.73. The fourth-order valence-corrected chi connectivity index (χ4v) is 1.49. The van der Waals surface area contributed by atoms with Crippen molar-refractivity contribution in [3.63, 3.8) is 0 Å². The summed E-state index contributed by atoms with van der Waals surface area (Å²) in [5.41, 5.74) is -0.286. The van der Waals surface area contributed by atoms with Crippen molar-refractivity contribution in [2.75, 3.05) is 4.84 Å². The Morgan fingerprint density at radius 2 is 2.10 bits per heavy atom. The normalized spacial score (nSPS) is 12.3. The third-order valence-electron chi connectivity index (χ3n) is 2.09. The Kier molecular flexibility index (Phi) is 7.23. The van der Waals surface area contributed by atoms with Gasteiger partial charge in [0.05, 0.1) is 11.0 Å². The molecule has 1 atom stereocenters. The van der Waals surface area contributed by atoms with Crippen molar-refractivity contribution in [1.29, 1.82) is 0 Å². The number of hydrogen-bond donors (Lipinski definition) is 1. The largest absolute Gasteiger partial charge is 0.430 e. The summed E-state index contributed by atoms with van der Waals surface area (Å²) in [6, 6.07) is 2.06. The van der Waals surface area contributed by atoms with Crippen LogP contribution in [0.15, 0.2) is 12.1 Å². The minimum atomic E-state index is -3.73. The Hall–Kier alpha value is -0.570. The Bertz CT molecular complexity index is 506. The maximum absolute atomic E-state index is 13.3. The predicted molar refractivity (Wildman–Crippen MR) is 78.7 cm³/mol. The van der Waals surface area contributed by atoms with Crippen LogP contribution >= 0.6 is 51.7 Å². The molecule has 5 nitrogen and oxygen atoms in total. The molecule has 1 unspecified atom stereocenters. The fraction of sp³-hybridized carbons (Fsp3) is 0.333. The highest BCUT2D eigenvalue weighted by atomic mass is 79.9. The molecule has 11 heteroatoms. The molecule has 0 aliphatic heterocycles. The van der Waals surface area contributed by atoms with Crippen molar-refractivity contribution in [2.45, 2.75) is 17.3 Å². The zero-order valence-electron chi connectivity index (χ0n) is 9.70. The highest BCUT2D eigenvalue weighted by Gasteiger charge is 2.40. The number of benzene rings is 1. The van der Waals surface area contributed by atoms with E-state index in [0.717, 1.165) is 6.07 Å². The van der Waals surface area contributed by atoms with E-state index in [2.05, 4.69) is 25.5 Å². The number of ether oxygens (including phenoxy) is 1. The molecule has 0 amide bonds. The minimum Gasteiger partial charge on any atom is -0.430 e. The molecule has 114 valence electrons. The van der Waals surface area contributed by atoms with E-state index < -0.39 is 21.0 Å². The van der Waals surface area contributed by atoms with Crippen molar-refractivity contribution in [1.82, 2.24) is 0 Å². The molecule has 1 rings (SSSR count). The third kappa shape index (κ3) is 4.47. The standard InChI is InChI=1S/C9H7BrCl2F2N2O3.ClH/c1-4-2-5(15-12)6(16(17)18)3-7(4)19-9(13,14)8(10)11;/h2-3,8,15H,1H3;1H. The van der Waals surface area contributed by atoms with Crippen LogP contribution in [0.3, 0.4) is 0 Å². The first-order valence-corrected chi connectivity index (χ1v) is 6.42. The van der Waals surface area contributed by atoms with Crippen LogP contribution < -0.4 is 9.57 Å². The van der Waals surface area contributed by atoms with Crippen molar-refractivity contribution < 1.29 is 18.4 Å². The molecule has 0 heterocycles. The van der Waals surface area contributed by atoms with E-state index in [0.29, 0.717) is 0 Å². The highest BCUT2D eigenvalue weighted by molar-refractivity contribution is 9.10. The molecule has 1 aromatic carbocycles. The van der Waals surface area contributed by atoms with Gasteiger partial charge in [-0.3, -0.25) is 15.0 Å². The topological polar surface area (TPSA) is 64.4 Å². The van der Waals surface area contributed by atoms with E-state index in [1.165, 1.54) is 13.0 Å². The van der Waals surface area contributed by atoms with Gasteiger partial charge in [-0.25, -0.2) is 0 Å². The zero-order valence-corrected chi connectivity index (χ0v) is 13.6. The molecule has 20 heavy (non-hydrogen) atoms. The molecule has 0 aliphatic rings. The van der Waals surface area contributed by atoms with Crippen LogP contribution in [0.25, 0.3) is 0 Å². The number of hydrogen-bond acceptors (Lipinski definition) is 4. The van der Waals surface area contributed by atoms with Gasteiger partial charge in [-0.1, -0.05) is 27.5 Å². The van der Waals surface area contributed by atoms with Crippen LogP contribution in [0.4, 0.5) is 20.2 Å². The van der Waals surface area contributed by atoms with Crippen LogP contribution in [-0.2, 0) is 0 Å². The Morgan fingerprint density at radius 1 is 1.55 bits per heavy atom. The summed E-state index contributed by atoms with van der Waals surface area (Å²) in [5, 5.41) is 10.8. The number of halogens is 6. The Balaban J connectivity index is 0.00000361. The van der Waals surface area contributed by atoms with Crippen molar-refractivity contribution >= 4 is 63.1 Å². The summed E-state index contributed by atoms with van der Waals surface area (Å²) in [7, 11) is 0. The van der Waals surface area contributed by atoms with E-state index in [9.17, 15) is 18.9 Å². The SMILES string of the molecule is Cc1cc(NCl)c([N+](=O)[O-])cc1OC(F)(F)C(Cl)Br.Cl. The molecule has 0 spiro atoms. The van der Waals surface area contributed by atoms with Gasteiger partial charge in [0.25, 0.3) is 5.69 Å². The van der Waals surface area contributed by atoms with Gasteiger partial charge in [-0.2, -0.15) is 8.78 Å². The van der Waals surface area contributed by atoms with Crippen LogP contribution in [-0.4, -0.2) is 15.3 Å². The summed E-state index contributed by atoms with van der Waals surface area (Å²) in [4.78, 5) is 12.1. The maximum Gasteiger partial charge on any atom is 0.424 e. The molecule has 0 bridgehead atoms. The molecule has 1 aromatic rings. The second-order valence-corrected chi connectivity index (χ2v) is 5.52. The smallest absolute Gasteiger partial charge is 0.424 e. The lowest BCUT2D eigenvalue weighted by atomic mass is 10.1. The molecule has 0 saturated carbocycles. The molecular weight excluding hydrogens is 408 g/mol. The van der Waals surface area contributed by atoms with Crippen LogP contribution in [0.5, 0.6) is 5.75 Å². The second kappa shape index (κ2) is 7.44. The van der Waals surface area contributed by atoms with Gasteiger partial charge in [-0.05, 0) is 18.6 Å². The maximum atomic E-state index is 13.3. The first-order valence-electron chi connectivity index (χ1n) is 4.69. The van der Waals surface area contributed by atoms with Crippen LogP contribution in [0, 0.1) is 17.0 Å². The zero-order chi connectivity index (χ0) is 14.8. The molecule has 0 aliphatic carbocycles. The first-order chi connectivity index (χ1) is 8.69. The highest BCUT2D eigenvalue weighted by Crippen LogP contribution is 2.37. The lowest BCUT2D eigenvalue weighted by Crippen LogP contribution is -2.32. The fourth-order valence-electron chi connectivity index (χ4n) is 1.21. The first kappa shape index (κ1) is 19.4. The van der Waals surface area contributed by atoms with Crippen molar-refractivity contribution in [3.05, 3.63) is 27.8 Å². The predicted octanol–water partition coefficient (Wildman–Crippen LogP) is 4.82. The summed E-state index contributed by atoms with van der Waals surface area (Å²) >= 11 is 13.0. The quantitative estimate of drug-likeness (QED) is 0.323. The lowest BCUT2D eigenvalue weighted by Gasteiger charge is -2.20. The molecule has 0 aromatic heterocycles. The van der Waals surface area contributed by atoms with Crippen LogP contribution in [0.1, 0.15) is 5.56 Å². The van der Waals surface area contributed by atoms with E-state index in [4.69, 9.17) is 23.4 Å². The number of nitrogens with zero attached hydrogens (tertiary/aromatic N) is 1. The summed E-state index contributed by atoms with van der Waals surface area (Å²) < 4.78 is 29.3. The van der Waals surface area contributed by atoms with Gasteiger partial charge in [-0.15, -0.1) is 12.4 Å². The number of nitro groups is 1. The summed E-state index contributed by atoms with van der Waals surface area (Å²) in [6.45, 7) is 1.43. The molecular formula is C9H8BrCl3F2N2O3. The van der Waals surface area contributed by atoms with Gasteiger partial charge in [0.1, 0.15) is 11.4 Å². The molecule has 0 radical (unpaired) electrons. The van der Waals surface area contributed by atoms with Gasteiger partial charge in [0.2, 0.25) is 0 Å². The van der Waals surface area contributed by atoms with E-state index >= 15 is 0 Å². The van der Waals surface area contributed by atoms with Gasteiger partial charge >= 0.3 is 6.11 Å². The molecule has 0 saturated heterocycles. The molecule has 0 fully saturated rings.